The van der Waals surface area contributed by atoms with Gasteiger partial charge >= 0.3 is 0 Å². The first-order valence-corrected chi connectivity index (χ1v) is 9.36. The molecule has 0 saturated heterocycles. The molecule has 6 heteroatoms. The van der Waals surface area contributed by atoms with Gasteiger partial charge < -0.3 is 5.32 Å². The van der Waals surface area contributed by atoms with E-state index < -0.39 is 0 Å². The summed E-state index contributed by atoms with van der Waals surface area (Å²) < 4.78 is 1.67. The lowest BCUT2D eigenvalue weighted by Gasteiger charge is -2.08. The van der Waals surface area contributed by atoms with Crippen molar-refractivity contribution in [3.05, 3.63) is 84.3 Å². The molecule has 0 unspecified atom stereocenters. The standard InChI is InChI=1S/C23H19N5O/c24-11-5-13-28-16-21(23(29)26-15-17-6-4-12-25-14-17)22(27-28)20-10-3-8-18-7-1-2-9-19(18)20/h1-4,6-10,12,14,16H,5,13,15H2,(H,26,29). The Kier molecular flexibility index (Phi) is 5.30. The fraction of sp³-hybridized carbons (Fsp3) is 0.130. The van der Waals surface area contributed by atoms with Gasteiger partial charge in [0.1, 0.15) is 5.69 Å². The Morgan fingerprint density at radius 1 is 1.10 bits per heavy atom. The van der Waals surface area contributed by atoms with Crippen LogP contribution < -0.4 is 5.32 Å². The quantitative estimate of drug-likeness (QED) is 0.548. The molecule has 2 aromatic heterocycles. The molecule has 6 nitrogen and oxygen atoms in total. The predicted octanol–water partition coefficient (Wildman–Crippen LogP) is 3.94. The average Bonchev–Trinajstić information content (AvgIpc) is 3.20. The lowest BCUT2D eigenvalue weighted by atomic mass is 10.00. The van der Waals surface area contributed by atoms with E-state index in [0.29, 0.717) is 30.8 Å². The largest absolute Gasteiger partial charge is 0.348 e. The van der Waals surface area contributed by atoms with E-state index >= 15 is 0 Å². The van der Waals surface area contributed by atoms with Gasteiger partial charge in [-0.25, -0.2) is 0 Å². The molecule has 0 atom stereocenters. The number of rotatable bonds is 6. The summed E-state index contributed by atoms with van der Waals surface area (Å²) in [6.45, 7) is 0.815. The number of hydrogen-bond acceptors (Lipinski definition) is 4. The van der Waals surface area contributed by atoms with E-state index in [1.165, 1.54) is 0 Å². The van der Waals surface area contributed by atoms with E-state index in [1.54, 1.807) is 23.3 Å². The van der Waals surface area contributed by atoms with Crippen molar-refractivity contribution in [2.75, 3.05) is 0 Å². The van der Waals surface area contributed by atoms with Gasteiger partial charge in [-0.2, -0.15) is 10.4 Å². The predicted molar refractivity (Wildman–Crippen MR) is 111 cm³/mol. The summed E-state index contributed by atoms with van der Waals surface area (Å²) in [5, 5.41) is 18.6. The Balaban J connectivity index is 1.71. The molecule has 1 N–H and O–H groups in total. The number of benzene rings is 2. The monoisotopic (exact) mass is 381 g/mol. The molecule has 1 amide bonds. The Hall–Kier alpha value is -3.98. The number of aryl methyl sites for hydroxylation is 1. The Bertz CT molecular complexity index is 1190. The number of nitrogens with zero attached hydrogens (tertiary/aromatic N) is 4. The van der Waals surface area contributed by atoms with Crippen LogP contribution in [0.5, 0.6) is 0 Å². The van der Waals surface area contributed by atoms with Gasteiger partial charge in [-0.3, -0.25) is 14.5 Å². The van der Waals surface area contributed by atoms with Crippen molar-refractivity contribution in [1.29, 1.82) is 5.26 Å². The van der Waals surface area contributed by atoms with Crippen LogP contribution in [-0.4, -0.2) is 20.7 Å². The first-order chi connectivity index (χ1) is 14.3. The molecular formula is C23H19N5O. The average molecular weight is 381 g/mol. The van der Waals surface area contributed by atoms with Gasteiger partial charge in [0, 0.05) is 30.7 Å². The molecule has 2 heterocycles. The summed E-state index contributed by atoms with van der Waals surface area (Å²) >= 11 is 0. The van der Waals surface area contributed by atoms with Crippen LogP contribution in [0.25, 0.3) is 22.0 Å². The maximum atomic E-state index is 13.0. The lowest BCUT2D eigenvalue weighted by Crippen LogP contribution is -2.23. The fourth-order valence-corrected chi connectivity index (χ4v) is 3.28. The molecule has 0 spiro atoms. The molecule has 142 valence electrons. The summed E-state index contributed by atoms with van der Waals surface area (Å²) in [6, 6.07) is 19.9. The highest BCUT2D eigenvalue weighted by molar-refractivity contribution is 6.04. The van der Waals surface area contributed by atoms with E-state index in [4.69, 9.17) is 5.26 Å². The Morgan fingerprint density at radius 3 is 2.79 bits per heavy atom. The maximum Gasteiger partial charge on any atom is 0.255 e. The summed E-state index contributed by atoms with van der Waals surface area (Å²) in [4.78, 5) is 17.1. The molecule has 0 aliphatic heterocycles. The number of nitriles is 1. The minimum Gasteiger partial charge on any atom is -0.348 e. The summed E-state index contributed by atoms with van der Waals surface area (Å²) in [6.07, 6.45) is 5.46. The zero-order chi connectivity index (χ0) is 20.1. The smallest absolute Gasteiger partial charge is 0.255 e. The molecule has 29 heavy (non-hydrogen) atoms. The molecule has 4 rings (SSSR count). The zero-order valence-corrected chi connectivity index (χ0v) is 15.7. The summed E-state index contributed by atoms with van der Waals surface area (Å²) in [5.41, 5.74) is 2.92. The molecule has 2 aromatic carbocycles. The molecule has 0 bridgehead atoms. The molecular weight excluding hydrogens is 362 g/mol. The molecule has 0 fully saturated rings. The second-order valence-corrected chi connectivity index (χ2v) is 6.63. The van der Waals surface area contributed by atoms with Crippen molar-refractivity contribution < 1.29 is 4.79 Å². The molecule has 4 aromatic rings. The van der Waals surface area contributed by atoms with Crippen LogP contribution in [0.1, 0.15) is 22.3 Å². The Labute approximate surface area is 168 Å². The third-order valence-electron chi connectivity index (χ3n) is 4.68. The van der Waals surface area contributed by atoms with Crippen molar-refractivity contribution in [2.45, 2.75) is 19.5 Å². The number of fused-ring (bicyclic) bond motifs is 1. The molecule has 0 radical (unpaired) electrons. The van der Waals surface area contributed by atoms with E-state index in [2.05, 4.69) is 21.5 Å². The summed E-state index contributed by atoms with van der Waals surface area (Å²) in [5.74, 6) is -0.208. The van der Waals surface area contributed by atoms with Gasteiger partial charge in [0.25, 0.3) is 5.91 Å². The summed E-state index contributed by atoms with van der Waals surface area (Å²) in [7, 11) is 0. The Morgan fingerprint density at radius 2 is 1.97 bits per heavy atom. The van der Waals surface area contributed by atoms with Gasteiger partial charge in [-0.15, -0.1) is 0 Å². The van der Waals surface area contributed by atoms with E-state index in [9.17, 15) is 4.79 Å². The van der Waals surface area contributed by atoms with E-state index in [0.717, 1.165) is 21.9 Å². The normalized spacial score (nSPS) is 10.6. The van der Waals surface area contributed by atoms with Gasteiger partial charge in [0.2, 0.25) is 0 Å². The lowest BCUT2D eigenvalue weighted by molar-refractivity contribution is 0.0951. The number of carbonyl (C=O) groups excluding carboxylic acids is 1. The van der Waals surface area contributed by atoms with Crippen molar-refractivity contribution >= 4 is 16.7 Å². The minimum atomic E-state index is -0.208. The van der Waals surface area contributed by atoms with Gasteiger partial charge in [-0.1, -0.05) is 48.5 Å². The zero-order valence-electron chi connectivity index (χ0n) is 15.7. The first kappa shape index (κ1) is 18.4. The van der Waals surface area contributed by atoms with Gasteiger partial charge in [-0.05, 0) is 22.4 Å². The SMILES string of the molecule is N#CCCn1cc(C(=O)NCc2cccnc2)c(-c2cccc3ccccc23)n1. The van der Waals surface area contributed by atoms with Crippen LogP contribution in [0, 0.1) is 11.3 Å². The number of pyridine rings is 1. The van der Waals surface area contributed by atoms with E-state index in [1.807, 2.05) is 54.6 Å². The third-order valence-corrected chi connectivity index (χ3v) is 4.68. The fourth-order valence-electron chi connectivity index (χ4n) is 3.28. The van der Waals surface area contributed by atoms with Crippen LogP contribution in [0.4, 0.5) is 0 Å². The molecule has 0 aliphatic rings. The highest BCUT2D eigenvalue weighted by atomic mass is 16.1. The van der Waals surface area contributed by atoms with Gasteiger partial charge in [0.15, 0.2) is 0 Å². The number of aromatic nitrogens is 3. The maximum absolute atomic E-state index is 13.0. The highest BCUT2D eigenvalue weighted by Gasteiger charge is 2.19. The molecule has 0 aliphatic carbocycles. The van der Waals surface area contributed by atoms with Crippen molar-refractivity contribution in [3.8, 4) is 17.3 Å². The third kappa shape index (κ3) is 3.99. The topological polar surface area (TPSA) is 83.6 Å². The van der Waals surface area contributed by atoms with Crippen molar-refractivity contribution in [1.82, 2.24) is 20.1 Å². The van der Waals surface area contributed by atoms with Crippen LogP contribution in [0.2, 0.25) is 0 Å². The second-order valence-electron chi connectivity index (χ2n) is 6.63. The van der Waals surface area contributed by atoms with Crippen molar-refractivity contribution in [2.24, 2.45) is 0 Å². The number of hydrogen-bond donors (Lipinski definition) is 1. The number of carbonyl (C=O) groups is 1. The van der Waals surface area contributed by atoms with Crippen LogP contribution in [-0.2, 0) is 13.1 Å². The number of nitrogens with one attached hydrogen (secondary N) is 1. The van der Waals surface area contributed by atoms with Gasteiger partial charge in [0.05, 0.1) is 24.6 Å². The van der Waals surface area contributed by atoms with Crippen LogP contribution in [0.15, 0.2) is 73.2 Å². The molecule has 0 saturated carbocycles. The number of amides is 1. The van der Waals surface area contributed by atoms with Crippen molar-refractivity contribution in [3.63, 3.8) is 0 Å². The van der Waals surface area contributed by atoms with Crippen LogP contribution >= 0.6 is 0 Å². The van der Waals surface area contributed by atoms with Crippen LogP contribution in [0.3, 0.4) is 0 Å². The van der Waals surface area contributed by atoms with E-state index in [-0.39, 0.29) is 5.91 Å². The second kappa shape index (κ2) is 8.36. The first-order valence-electron chi connectivity index (χ1n) is 9.36. The minimum absolute atomic E-state index is 0.208. The highest BCUT2D eigenvalue weighted by Crippen LogP contribution is 2.30.